The molecule has 19 heteroatoms. The van der Waals surface area contributed by atoms with Crippen LogP contribution in [0.4, 0.5) is 0 Å². The molecule has 0 aromatic heterocycles. The zero-order valence-electron chi connectivity index (χ0n) is 64.8. The summed E-state index contributed by atoms with van der Waals surface area (Å²) in [5.74, 6) is -0.528. The minimum absolute atomic E-state index is 0.106. The lowest BCUT2D eigenvalue weighted by molar-refractivity contribution is -0.161. The number of rotatable bonds is 79. The molecular formula is C80H156O17P2. The van der Waals surface area contributed by atoms with Gasteiger partial charge in [-0.15, -0.1) is 0 Å². The van der Waals surface area contributed by atoms with Gasteiger partial charge in [0.1, 0.15) is 19.3 Å². The summed E-state index contributed by atoms with van der Waals surface area (Å²) in [6.45, 7) is 9.66. The second-order valence-electron chi connectivity index (χ2n) is 29.3. The molecular weight excluding hydrogens is 1290 g/mol. The van der Waals surface area contributed by atoms with Gasteiger partial charge >= 0.3 is 39.5 Å². The van der Waals surface area contributed by atoms with Gasteiger partial charge in [0.2, 0.25) is 0 Å². The lowest BCUT2D eigenvalue weighted by atomic mass is 9.99. The van der Waals surface area contributed by atoms with E-state index in [2.05, 4.69) is 41.5 Å². The molecule has 588 valence electrons. The number of hydrogen-bond acceptors (Lipinski definition) is 15. The summed E-state index contributed by atoms with van der Waals surface area (Å²) in [6.07, 6.45) is 60.8. The molecule has 17 nitrogen and oxygen atoms in total. The summed E-state index contributed by atoms with van der Waals surface area (Å²) in [6, 6.07) is 0. The predicted octanol–water partition coefficient (Wildman–Crippen LogP) is 23.9. The number of phosphoric ester groups is 2. The van der Waals surface area contributed by atoms with Crippen LogP contribution in [0.3, 0.4) is 0 Å². The average Bonchev–Trinajstić information content (AvgIpc) is 1.10. The van der Waals surface area contributed by atoms with Crippen LogP contribution in [0.25, 0.3) is 0 Å². The van der Waals surface area contributed by atoms with Crippen molar-refractivity contribution in [2.45, 2.75) is 439 Å². The highest BCUT2D eigenvalue weighted by Gasteiger charge is 2.30. The fraction of sp³-hybridized carbons (Fsp3) is 0.950. The second-order valence-corrected chi connectivity index (χ2v) is 32.2. The fourth-order valence-electron chi connectivity index (χ4n) is 12.3. The van der Waals surface area contributed by atoms with Crippen molar-refractivity contribution in [3.8, 4) is 0 Å². The van der Waals surface area contributed by atoms with E-state index in [9.17, 15) is 43.2 Å². The van der Waals surface area contributed by atoms with Gasteiger partial charge in [0.05, 0.1) is 26.4 Å². The van der Waals surface area contributed by atoms with Gasteiger partial charge < -0.3 is 33.8 Å². The van der Waals surface area contributed by atoms with Crippen molar-refractivity contribution in [1.82, 2.24) is 0 Å². The molecule has 0 heterocycles. The van der Waals surface area contributed by atoms with E-state index in [0.717, 1.165) is 102 Å². The van der Waals surface area contributed by atoms with E-state index in [1.165, 1.54) is 238 Å². The zero-order valence-corrected chi connectivity index (χ0v) is 66.6. The van der Waals surface area contributed by atoms with Gasteiger partial charge in [0.15, 0.2) is 12.2 Å². The normalized spacial score (nSPS) is 14.5. The Morgan fingerprint density at radius 3 is 0.717 bits per heavy atom. The third-order valence-electron chi connectivity index (χ3n) is 19.4. The molecule has 0 saturated heterocycles. The molecule has 0 aliphatic rings. The monoisotopic (exact) mass is 1450 g/mol. The predicted molar refractivity (Wildman–Crippen MR) is 405 cm³/mol. The number of aliphatic hydroxyl groups is 1. The van der Waals surface area contributed by atoms with Crippen molar-refractivity contribution >= 4 is 39.5 Å². The first-order valence-electron chi connectivity index (χ1n) is 41.6. The standard InChI is InChI=1S/C80H156O17P2/c1-7-11-13-15-17-19-21-23-25-26-27-29-31-33-38-46-52-58-64-79(84)96-75(68-90-77(82)62-56-50-44-37-32-30-28-24-22-20-18-16-14-12-8-2)70-94-98(86,87)92-66-74(81)67-93-99(88,89)95-71-76(69-91-78(83)63-57-51-45-41-40-43-49-55-61-73(6)10-4)97-80(85)65-59-53-47-39-35-34-36-42-48-54-60-72(5)9-3/h72-76,81H,7-71H2,1-6H3,(H,86,87)(H,88,89)/t72?,73?,74-,75-,76-/m1/s1. The van der Waals surface area contributed by atoms with Gasteiger partial charge in [-0.2, -0.15) is 0 Å². The third-order valence-corrected chi connectivity index (χ3v) is 21.3. The highest BCUT2D eigenvalue weighted by Crippen LogP contribution is 2.45. The largest absolute Gasteiger partial charge is 0.472 e. The van der Waals surface area contributed by atoms with Gasteiger partial charge in [-0.1, -0.05) is 369 Å². The third kappa shape index (κ3) is 71.5. The molecule has 0 rings (SSSR count). The molecule has 0 spiro atoms. The minimum atomic E-state index is -4.96. The van der Waals surface area contributed by atoms with E-state index < -0.39 is 97.5 Å². The van der Waals surface area contributed by atoms with E-state index in [1.54, 1.807) is 0 Å². The smallest absolute Gasteiger partial charge is 0.462 e. The maximum absolute atomic E-state index is 13.1. The van der Waals surface area contributed by atoms with Crippen LogP contribution in [0.1, 0.15) is 420 Å². The Hall–Kier alpha value is -1.94. The summed E-state index contributed by atoms with van der Waals surface area (Å²) in [5, 5.41) is 10.6. The second kappa shape index (κ2) is 71.7. The quantitative estimate of drug-likeness (QED) is 0.0222. The number of carbonyl (C=O) groups excluding carboxylic acids is 4. The lowest BCUT2D eigenvalue weighted by Crippen LogP contribution is -2.30. The fourth-order valence-corrected chi connectivity index (χ4v) is 13.9. The molecule has 3 N–H and O–H groups in total. The molecule has 0 radical (unpaired) electrons. The summed E-state index contributed by atoms with van der Waals surface area (Å²) in [7, 11) is -9.92. The van der Waals surface area contributed by atoms with Gasteiger partial charge in [-0.25, -0.2) is 9.13 Å². The molecule has 0 aromatic carbocycles. The van der Waals surface area contributed by atoms with Gasteiger partial charge in [-0.05, 0) is 37.5 Å². The molecule has 0 fully saturated rings. The van der Waals surface area contributed by atoms with E-state index >= 15 is 0 Å². The van der Waals surface area contributed by atoms with Crippen molar-refractivity contribution in [2.75, 3.05) is 39.6 Å². The average molecular weight is 1450 g/mol. The van der Waals surface area contributed by atoms with Crippen molar-refractivity contribution in [2.24, 2.45) is 11.8 Å². The van der Waals surface area contributed by atoms with Crippen LogP contribution < -0.4 is 0 Å². The summed E-state index contributed by atoms with van der Waals surface area (Å²) < 4.78 is 68.7. The van der Waals surface area contributed by atoms with Crippen LogP contribution in [-0.4, -0.2) is 96.7 Å². The Bertz CT molecular complexity index is 1910. The molecule has 99 heavy (non-hydrogen) atoms. The molecule has 0 amide bonds. The highest BCUT2D eigenvalue weighted by molar-refractivity contribution is 7.47. The maximum atomic E-state index is 13.1. The SMILES string of the molecule is CCCCCCCCCCCCCCCCCCCCC(=O)O[C@H](COC(=O)CCCCCCCCCCCCCCCCC)COP(=O)(O)OC[C@@H](O)COP(=O)(O)OC[C@@H](COC(=O)CCCCCCCCCCC(C)CC)OC(=O)CCCCCCCCCCCCC(C)CC. The van der Waals surface area contributed by atoms with E-state index in [4.69, 9.17) is 37.0 Å². The number of esters is 4. The minimum Gasteiger partial charge on any atom is -0.462 e. The number of hydrogen-bond donors (Lipinski definition) is 3. The molecule has 4 unspecified atom stereocenters. The Labute approximate surface area is 607 Å². The van der Waals surface area contributed by atoms with E-state index in [1.807, 2.05) is 0 Å². The zero-order chi connectivity index (χ0) is 72.8. The molecule has 7 atom stereocenters. The number of ether oxygens (including phenoxy) is 4. The van der Waals surface area contributed by atoms with Crippen LogP contribution in [-0.2, 0) is 65.4 Å². The number of aliphatic hydroxyl groups excluding tert-OH is 1. The van der Waals surface area contributed by atoms with E-state index in [-0.39, 0.29) is 25.7 Å². The molecule has 0 aliphatic heterocycles. The Kier molecular flexibility index (Phi) is 70.3. The van der Waals surface area contributed by atoms with Gasteiger partial charge in [0, 0.05) is 25.7 Å². The van der Waals surface area contributed by atoms with Crippen molar-refractivity contribution < 1.29 is 80.2 Å². The summed E-state index contributed by atoms with van der Waals surface area (Å²) in [5.41, 5.74) is 0. The first-order valence-corrected chi connectivity index (χ1v) is 44.6. The Balaban J connectivity index is 5.27. The molecule has 0 aromatic rings. The van der Waals surface area contributed by atoms with Crippen LogP contribution in [0.15, 0.2) is 0 Å². The van der Waals surface area contributed by atoms with Crippen LogP contribution >= 0.6 is 15.6 Å². The van der Waals surface area contributed by atoms with Gasteiger partial charge in [0.25, 0.3) is 0 Å². The maximum Gasteiger partial charge on any atom is 0.472 e. The molecule has 0 aliphatic carbocycles. The highest BCUT2D eigenvalue weighted by atomic mass is 31.2. The Morgan fingerprint density at radius 2 is 0.485 bits per heavy atom. The molecule has 0 saturated carbocycles. The first-order chi connectivity index (χ1) is 47.9. The van der Waals surface area contributed by atoms with Crippen molar-refractivity contribution in [3.63, 3.8) is 0 Å². The number of carbonyl (C=O) groups is 4. The lowest BCUT2D eigenvalue weighted by Gasteiger charge is -2.21. The van der Waals surface area contributed by atoms with E-state index in [0.29, 0.717) is 25.7 Å². The van der Waals surface area contributed by atoms with Crippen LogP contribution in [0, 0.1) is 11.8 Å². The summed E-state index contributed by atoms with van der Waals surface area (Å²) >= 11 is 0. The summed E-state index contributed by atoms with van der Waals surface area (Å²) in [4.78, 5) is 73.0. The first kappa shape index (κ1) is 97.1. The topological polar surface area (TPSA) is 237 Å². The van der Waals surface area contributed by atoms with Crippen LogP contribution in [0.5, 0.6) is 0 Å². The Morgan fingerprint density at radius 1 is 0.283 bits per heavy atom. The van der Waals surface area contributed by atoms with Gasteiger partial charge in [-0.3, -0.25) is 37.3 Å². The molecule has 0 bridgehead atoms. The van der Waals surface area contributed by atoms with Crippen molar-refractivity contribution in [1.29, 1.82) is 0 Å². The number of phosphoric acid groups is 2. The van der Waals surface area contributed by atoms with Crippen molar-refractivity contribution in [3.05, 3.63) is 0 Å². The number of unbranched alkanes of at least 4 members (excludes halogenated alkanes) is 47. The van der Waals surface area contributed by atoms with Crippen LogP contribution in [0.2, 0.25) is 0 Å².